The van der Waals surface area contributed by atoms with Crippen LogP contribution in [0.4, 0.5) is 5.82 Å². The monoisotopic (exact) mass is 332 g/mol. The zero-order chi connectivity index (χ0) is 17.5. The molecule has 0 fully saturated rings. The van der Waals surface area contributed by atoms with Gasteiger partial charge in [-0.25, -0.2) is 0 Å². The minimum atomic E-state index is -0.0788. The normalized spacial score (nSPS) is 10.7. The molecule has 0 aliphatic heterocycles. The molecule has 0 bridgehead atoms. The first-order chi connectivity index (χ1) is 11.5. The number of aromatic nitrogens is 2. The topological polar surface area (TPSA) is 68.6 Å². The molecule has 0 saturated heterocycles. The second-order valence-electron chi connectivity index (χ2n) is 5.60. The van der Waals surface area contributed by atoms with E-state index in [4.69, 9.17) is 9.47 Å². The first-order valence-corrected chi connectivity index (χ1v) is 7.74. The molecule has 24 heavy (non-hydrogen) atoms. The standard InChI is InChI=1S/C17H24N4O3/c1-13-11-16(21(3)19-13)18-17(22)12-20(2)9-10-24-15-7-5-14(23-4)6-8-15/h5-8,11H,9-10,12H2,1-4H3,(H,18,22). The van der Waals surface area contributed by atoms with E-state index in [0.717, 1.165) is 17.2 Å². The number of hydrogen-bond acceptors (Lipinski definition) is 5. The molecule has 1 heterocycles. The third-order valence-corrected chi connectivity index (χ3v) is 3.48. The number of hydrogen-bond donors (Lipinski definition) is 1. The zero-order valence-corrected chi connectivity index (χ0v) is 14.6. The van der Waals surface area contributed by atoms with Gasteiger partial charge < -0.3 is 14.8 Å². The number of rotatable bonds is 8. The molecule has 0 unspecified atom stereocenters. The molecule has 1 aromatic heterocycles. The van der Waals surface area contributed by atoms with Gasteiger partial charge in [0.25, 0.3) is 0 Å². The fourth-order valence-corrected chi connectivity index (χ4v) is 2.23. The molecule has 1 N–H and O–H groups in total. The minimum Gasteiger partial charge on any atom is -0.497 e. The number of nitrogens with one attached hydrogen (secondary N) is 1. The Hall–Kier alpha value is -2.54. The fraction of sp³-hybridized carbons (Fsp3) is 0.412. The molecule has 130 valence electrons. The number of carbonyl (C=O) groups is 1. The second kappa shape index (κ2) is 8.35. The van der Waals surface area contributed by atoms with Gasteiger partial charge in [0.15, 0.2) is 0 Å². The number of carbonyl (C=O) groups excluding carboxylic acids is 1. The summed E-state index contributed by atoms with van der Waals surface area (Å²) in [5.41, 5.74) is 0.869. The van der Waals surface area contributed by atoms with Crippen LogP contribution in [-0.2, 0) is 11.8 Å². The van der Waals surface area contributed by atoms with E-state index in [-0.39, 0.29) is 12.5 Å². The molecule has 2 aromatic rings. The number of anilines is 1. The summed E-state index contributed by atoms with van der Waals surface area (Å²) in [6.07, 6.45) is 0. The molecule has 1 aromatic carbocycles. The third kappa shape index (κ3) is 5.27. The maximum absolute atomic E-state index is 12.0. The van der Waals surface area contributed by atoms with Crippen molar-refractivity contribution >= 4 is 11.7 Å². The van der Waals surface area contributed by atoms with Gasteiger partial charge in [0.2, 0.25) is 5.91 Å². The van der Waals surface area contributed by atoms with Crippen molar-refractivity contribution < 1.29 is 14.3 Å². The second-order valence-corrected chi connectivity index (χ2v) is 5.60. The van der Waals surface area contributed by atoms with Gasteiger partial charge in [-0.3, -0.25) is 14.4 Å². The lowest BCUT2D eigenvalue weighted by Gasteiger charge is -2.16. The van der Waals surface area contributed by atoms with E-state index in [2.05, 4.69) is 10.4 Å². The Kier molecular flexibility index (Phi) is 6.20. The van der Waals surface area contributed by atoms with Gasteiger partial charge in [0, 0.05) is 19.7 Å². The van der Waals surface area contributed by atoms with Crippen LogP contribution in [0.2, 0.25) is 0 Å². The van der Waals surface area contributed by atoms with Crippen molar-refractivity contribution in [1.82, 2.24) is 14.7 Å². The number of aryl methyl sites for hydroxylation is 2. The number of amides is 1. The Morgan fingerprint density at radius 3 is 2.54 bits per heavy atom. The fourth-order valence-electron chi connectivity index (χ4n) is 2.23. The Morgan fingerprint density at radius 2 is 1.96 bits per heavy atom. The lowest BCUT2D eigenvalue weighted by molar-refractivity contribution is -0.117. The van der Waals surface area contributed by atoms with Crippen LogP contribution in [-0.4, -0.2) is 54.4 Å². The predicted octanol–water partition coefficient (Wildman–Crippen LogP) is 1.69. The van der Waals surface area contributed by atoms with E-state index in [0.29, 0.717) is 19.0 Å². The summed E-state index contributed by atoms with van der Waals surface area (Å²) >= 11 is 0. The lowest BCUT2D eigenvalue weighted by Crippen LogP contribution is -2.33. The van der Waals surface area contributed by atoms with E-state index in [9.17, 15) is 4.79 Å². The van der Waals surface area contributed by atoms with Crippen molar-refractivity contribution in [3.8, 4) is 11.5 Å². The van der Waals surface area contributed by atoms with Crippen molar-refractivity contribution in [1.29, 1.82) is 0 Å². The number of ether oxygens (including phenoxy) is 2. The quantitative estimate of drug-likeness (QED) is 0.797. The Bertz CT molecular complexity index is 667. The summed E-state index contributed by atoms with van der Waals surface area (Å²) in [4.78, 5) is 13.9. The summed E-state index contributed by atoms with van der Waals surface area (Å²) in [6.45, 7) is 3.32. The van der Waals surface area contributed by atoms with E-state index in [1.54, 1.807) is 18.8 Å². The van der Waals surface area contributed by atoms with Crippen LogP contribution in [0, 0.1) is 6.92 Å². The van der Waals surface area contributed by atoms with Crippen molar-refractivity contribution in [2.75, 3.05) is 39.2 Å². The van der Waals surface area contributed by atoms with Gasteiger partial charge in [-0.05, 0) is 38.2 Å². The molecule has 2 rings (SSSR count). The van der Waals surface area contributed by atoms with Crippen LogP contribution < -0.4 is 14.8 Å². The van der Waals surface area contributed by atoms with E-state index in [1.807, 2.05) is 49.2 Å². The molecule has 0 spiro atoms. The minimum absolute atomic E-state index is 0.0788. The molecule has 0 atom stereocenters. The molecule has 7 nitrogen and oxygen atoms in total. The van der Waals surface area contributed by atoms with Crippen molar-refractivity contribution in [2.45, 2.75) is 6.92 Å². The maximum atomic E-state index is 12.0. The predicted molar refractivity (Wildman–Crippen MR) is 92.6 cm³/mol. The van der Waals surface area contributed by atoms with Crippen LogP contribution in [0.3, 0.4) is 0 Å². The van der Waals surface area contributed by atoms with Crippen molar-refractivity contribution in [2.24, 2.45) is 7.05 Å². The molecule has 7 heteroatoms. The third-order valence-electron chi connectivity index (χ3n) is 3.48. The van der Waals surface area contributed by atoms with Crippen LogP contribution in [0.25, 0.3) is 0 Å². The highest BCUT2D eigenvalue weighted by molar-refractivity contribution is 5.91. The Labute approximate surface area is 142 Å². The summed E-state index contributed by atoms with van der Waals surface area (Å²) in [5, 5.41) is 7.05. The molecule has 1 amide bonds. The van der Waals surface area contributed by atoms with Crippen LogP contribution in [0.15, 0.2) is 30.3 Å². The average Bonchev–Trinajstić information content (AvgIpc) is 2.85. The smallest absolute Gasteiger partial charge is 0.239 e. The van der Waals surface area contributed by atoms with Gasteiger partial charge in [-0.15, -0.1) is 0 Å². The SMILES string of the molecule is COc1ccc(OCCN(C)CC(=O)Nc2cc(C)nn2C)cc1. The highest BCUT2D eigenvalue weighted by Crippen LogP contribution is 2.16. The van der Waals surface area contributed by atoms with Gasteiger partial charge in [0.1, 0.15) is 23.9 Å². The van der Waals surface area contributed by atoms with Crippen molar-refractivity contribution in [3.63, 3.8) is 0 Å². The van der Waals surface area contributed by atoms with Crippen LogP contribution in [0.5, 0.6) is 11.5 Å². The molecule has 0 radical (unpaired) electrons. The highest BCUT2D eigenvalue weighted by atomic mass is 16.5. The maximum Gasteiger partial charge on any atom is 0.239 e. The Morgan fingerprint density at radius 1 is 1.29 bits per heavy atom. The van der Waals surface area contributed by atoms with E-state index < -0.39 is 0 Å². The van der Waals surface area contributed by atoms with Gasteiger partial charge in [0.05, 0.1) is 19.3 Å². The summed E-state index contributed by atoms with van der Waals surface area (Å²) in [7, 11) is 5.31. The summed E-state index contributed by atoms with van der Waals surface area (Å²) in [5.74, 6) is 2.19. The molecular formula is C17H24N4O3. The Balaban J connectivity index is 1.71. The molecular weight excluding hydrogens is 308 g/mol. The van der Waals surface area contributed by atoms with Crippen LogP contribution >= 0.6 is 0 Å². The zero-order valence-electron chi connectivity index (χ0n) is 14.6. The number of benzene rings is 1. The summed E-state index contributed by atoms with van der Waals surface area (Å²) in [6, 6.07) is 9.25. The lowest BCUT2D eigenvalue weighted by atomic mass is 10.3. The molecule has 0 aliphatic carbocycles. The van der Waals surface area contributed by atoms with Gasteiger partial charge >= 0.3 is 0 Å². The van der Waals surface area contributed by atoms with E-state index in [1.165, 1.54) is 0 Å². The molecule has 0 aliphatic rings. The van der Waals surface area contributed by atoms with Gasteiger partial charge in [-0.2, -0.15) is 5.10 Å². The van der Waals surface area contributed by atoms with Crippen LogP contribution in [0.1, 0.15) is 5.69 Å². The van der Waals surface area contributed by atoms with E-state index >= 15 is 0 Å². The van der Waals surface area contributed by atoms with Gasteiger partial charge in [-0.1, -0.05) is 0 Å². The largest absolute Gasteiger partial charge is 0.497 e. The number of methoxy groups -OCH3 is 1. The number of likely N-dealkylation sites (N-methyl/N-ethyl adjacent to an activating group) is 1. The first kappa shape index (κ1) is 17.8. The molecule has 0 saturated carbocycles. The van der Waals surface area contributed by atoms with Crippen molar-refractivity contribution in [3.05, 3.63) is 36.0 Å². The average molecular weight is 332 g/mol. The summed E-state index contributed by atoms with van der Waals surface area (Å²) < 4.78 is 12.4. The number of nitrogens with zero attached hydrogens (tertiary/aromatic N) is 3. The first-order valence-electron chi connectivity index (χ1n) is 7.74. The highest BCUT2D eigenvalue weighted by Gasteiger charge is 2.10.